The van der Waals surface area contributed by atoms with Gasteiger partial charge in [-0.1, -0.05) is 29.4 Å². The van der Waals surface area contributed by atoms with Crippen molar-refractivity contribution in [2.75, 3.05) is 13.1 Å². The number of amides is 2. The predicted octanol–water partition coefficient (Wildman–Crippen LogP) is 3.01. The number of nitrogens with one attached hydrogen (secondary N) is 2. The smallest absolute Gasteiger partial charge is 0.273 e. The number of rotatable bonds is 5. The number of benzene rings is 1. The number of hydrogen-bond acceptors (Lipinski definition) is 5. The number of likely N-dealkylation sites (tertiary alicyclic amines) is 1. The molecule has 2 aliphatic heterocycles. The van der Waals surface area contributed by atoms with E-state index in [4.69, 9.17) is 4.52 Å². The predicted molar refractivity (Wildman–Crippen MR) is 120 cm³/mol. The Morgan fingerprint density at radius 3 is 2.81 bits per heavy atom. The second-order valence-corrected chi connectivity index (χ2v) is 9.69. The lowest BCUT2D eigenvalue weighted by Crippen LogP contribution is -2.51. The summed E-state index contributed by atoms with van der Waals surface area (Å²) in [6.45, 7) is 4.49. The van der Waals surface area contributed by atoms with Crippen molar-refractivity contribution in [3.05, 3.63) is 52.9 Å². The molecule has 1 aliphatic carbocycles. The molecule has 3 heterocycles. The molecule has 2 N–H and O–H groups in total. The molecule has 0 spiro atoms. The minimum atomic E-state index is -0.180. The van der Waals surface area contributed by atoms with Crippen LogP contribution in [0.25, 0.3) is 0 Å². The Balaban J connectivity index is 1.13. The van der Waals surface area contributed by atoms with Gasteiger partial charge in [0.2, 0.25) is 5.91 Å². The summed E-state index contributed by atoms with van der Waals surface area (Å²) in [7, 11) is 0. The molecule has 1 unspecified atom stereocenters. The number of piperidine rings is 1. The summed E-state index contributed by atoms with van der Waals surface area (Å²) in [4.78, 5) is 27.7. The van der Waals surface area contributed by atoms with Crippen LogP contribution in [0.3, 0.4) is 0 Å². The molecule has 32 heavy (non-hydrogen) atoms. The highest BCUT2D eigenvalue weighted by molar-refractivity contribution is 5.92. The van der Waals surface area contributed by atoms with E-state index in [-0.39, 0.29) is 23.9 Å². The van der Waals surface area contributed by atoms with Gasteiger partial charge in [-0.05, 0) is 62.6 Å². The van der Waals surface area contributed by atoms with Crippen molar-refractivity contribution in [2.45, 2.75) is 70.0 Å². The zero-order chi connectivity index (χ0) is 22.1. The number of fused-ring (bicyclic) bond motifs is 1. The molecule has 2 aromatic rings. The standard InChI is InChI=1S/C25H32N4O3/c1-16-10-21(27-25(31)22-13-23(32-28-22)18-6-7-18)8-9-29(16)24(30)12-17-11-19-4-2-3-5-20(19)15-26-14-17/h2-5,13,16-18,21,26H,6-12,14-15H2,1H3,(H,27,31)/t16-,17?,21-/m1/s1. The monoisotopic (exact) mass is 436 g/mol. The molecule has 7 nitrogen and oxygen atoms in total. The average Bonchev–Trinajstić information content (AvgIpc) is 3.54. The van der Waals surface area contributed by atoms with Gasteiger partial charge in [0, 0.05) is 43.6 Å². The van der Waals surface area contributed by atoms with Crippen LogP contribution in [0, 0.1) is 5.92 Å². The van der Waals surface area contributed by atoms with Gasteiger partial charge in [0.05, 0.1) is 0 Å². The van der Waals surface area contributed by atoms with E-state index in [1.165, 1.54) is 11.1 Å². The van der Waals surface area contributed by atoms with Crippen LogP contribution < -0.4 is 10.6 Å². The Hall–Kier alpha value is -2.67. The van der Waals surface area contributed by atoms with E-state index < -0.39 is 0 Å². The zero-order valence-electron chi connectivity index (χ0n) is 18.7. The molecule has 1 aromatic heterocycles. The van der Waals surface area contributed by atoms with Gasteiger partial charge < -0.3 is 20.1 Å². The quantitative estimate of drug-likeness (QED) is 0.752. The fourth-order valence-corrected chi connectivity index (χ4v) is 5.12. The third kappa shape index (κ3) is 4.72. The van der Waals surface area contributed by atoms with Crippen molar-refractivity contribution in [3.63, 3.8) is 0 Å². The zero-order valence-corrected chi connectivity index (χ0v) is 18.7. The Morgan fingerprint density at radius 2 is 2.03 bits per heavy atom. The minimum absolute atomic E-state index is 0.0500. The van der Waals surface area contributed by atoms with Gasteiger partial charge in [0.1, 0.15) is 5.76 Å². The molecule has 1 saturated carbocycles. The third-order valence-corrected chi connectivity index (χ3v) is 7.11. The first-order valence-corrected chi connectivity index (χ1v) is 11.9. The van der Waals surface area contributed by atoms with Crippen LogP contribution >= 0.6 is 0 Å². The maximum Gasteiger partial charge on any atom is 0.273 e. The summed E-state index contributed by atoms with van der Waals surface area (Å²) in [5.74, 6) is 1.61. The molecule has 1 saturated heterocycles. The average molecular weight is 437 g/mol. The summed E-state index contributed by atoms with van der Waals surface area (Å²) in [5, 5.41) is 10.5. The maximum atomic E-state index is 13.1. The van der Waals surface area contributed by atoms with Crippen LogP contribution in [-0.4, -0.2) is 47.0 Å². The van der Waals surface area contributed by atoms with E-state index in [0.717, 1.165) is 51.0 Å². The molecular formula is C25H32N4O3. The molecule has 2 fully saturated rings. The molecule has 7 heteroatoms. The van der Waals surface area contributed by atoms with Crippen molar-refractivity contribution < 1.29 is 14.1 Å². The van der Waals surface area contributed by atoms with Crippen molar-refractivity contribution in [1.29, 1.82) is 0 Å². The summed E-state index contributed by atoms with van der Waals surface area (Å²) in [6, 6.07) is 10.4. The summed E-state index contributed by atoms with van der Waals surface area (Å²) in [6.07, 6.45) is 5.26. The van der Waals surface area contributed by atoms with E-state index in [2.05, 4.69) is 47.0 Å². The first-order valence-electron chi connectivity index (χ1n) is 11.9. The fourth-order valence-electron chi connectivity index (χ4n) is 5.12. The second-order valence-electron chi connectivity index (χ2n) is 9.69. The van der Waals surface area contributed by atoms with Crippen LogP contribution in [0.2, 0.25) is 0 Å². The topological polar surface area (TPSA) is 87.5 Å². The van der Waals surface area contributed by atoms with Gasteiger partial charge in [0.25, 0.3) is 5.91 Å². The molecule has 5 rings (SSSR count). The van der Waals surface area contributed by atoms with Crippen molar-refractivity contribution in [1.82, 2.24) is 20.7 Å². The second kappa shape index (κ2) is 9.06. The van der Waals surface area contributed by atoms with Gasteiger partial charge in [-0.3, -0.25) is 9.59 Å². The Kier molecular flexibility index (Phi) is 6.00. The van der Waals surface area contributed by atoms with Crippen molar-refractivity contribution in [3.8, 4) is 0 Å². The molecule has 170 valence electrons. The molecule has 3 atom stereocenters. The van der Waals surface area contributed by atoms with E-state index in [1.54, 1.807) is 6.07 Å². The Labute approximate surface area is 188 Å². The molecular weight excluding hydrogens is 404 g/mol. The van der Waals surface area contributed by atoms with Crippen LogP contribution in [0.15, 0.2) is 34.9 Å². The summed E-state index contributed by atoms with van der Waals surface area (Å²) >= 11 is 0. The van der Waals surface area contributed by atoms with Crippen LogP contribution in [-0.2, 0) is 17.8 Å². The van der Waals surface area contributed by atoms with Crippen molar-refractivity contribution in [2.24, 2.45) is 5.92 Å². The Morgan fingerprint density at radius 1 is 1.22 bits per heavy atom. The highest BCUT2D eigenvalue weighted by atomic mass is 16.5. The largest absolute Gasteiger partial charge is 0.360 e. The summed E-state index contributed by atoms with van der Waals surface area (Å²) < 4.78 is 5.30. The van der Waals surface area contributed by atoms with Gasteiger partial charge in [-0.25, -0.2) is 0 Å². The summed E-state index contributed by atoms with van der Waals surface area (Å²) in [5.41, 5.74) is 3.05. The lowest BCUT2D eigenvalue weighted by Gasteiger charge is -2.38. The number of carbonyl (C=O) groups is 2. The van der Waals surface area contributed by atoms with Crippen LogP contribution in [0.5, 0.6) is 0 Å². The van der Waals surface area contributed by atoms with Gasteiger partial charge >= 0.3 is 0 Å². The highest BCUT2D eigenvalue weighted by Gasteiger charge is 2.32. The van der Waals surface area contributed by atoms with Gasteiger partial charge in [-0.15, -0.1) is 0 Å². The lowest BCUT2D eigenvalue weighted by atomic mass is 9.92. The van der Waals surface area contributed by atoms with Crippen LogP contribution in [0.1, 0.15) is 72.3 Å². The van der Waals surface area contributed by atoms with E-state index in [0.29, 0.717) is 30.5 Å². The minimum Gasteiger partial charge on any atom is -0.360 e. The number of carbonyl (C=O) groups excluding carboxylic acids is 2. The molecule has 2 amide bonds. The van der Waals surface area contributed by atoms with E-state index in [9.17, 15) is 9.59 Å². The molecule has 0 radical (unpaired) electrons. The number of hydrogen-bond donors (Lipinski definition) is 2. The normalized spacial score (nSPS) is 25.7. The SMILES string of the molecule is C[C@@H]1C[C@H](NC(=O)c2cc(C3CC3)on2)CCN1C(=O)CC1CNCc2ccccc2C1. The van der Waals surface area contributed by atoms with Crippen molar-refractivity contribution >= 4 is 11.8 Å². The van der Waals surface area contributed by atoms with Crippen LogP contribution in [0.4, 0.5) is 0 Å². The number of aromatic nitrogens is 1. The molecule has 0 bridgehead atoms. The molecule has 3 aliphatic rings. The highest BCUT2D eigenvalue weighted by Crippen LogP contribution is 2.40. The molecule has 1 aromatic carbocycles. The number of nitrogens with zero attached hydrogens (tertiary/aromatic N) is 2. The van der Waals surface area contributed by atoms with Gasteiger partial charge in [0.15, 0.2) is 5.69 Å². The first-order chi connectivity index (χ1) is 15.6. The lowest BCUT2D eigenvalue weighted by molar-refractivity contribution is -0.135. The van der Waals surface area contributed by atoms with E-state index >= 15 is 0 Å². The third-order valence-electron chi connectivity index (χ3n) is 7.11. The van der Waals surface area contributed by atoms with E-state index in [1.807, 2.05) is 4.90 Å². The fraction of sp³-hybridized carbons (Fsp3) is 0.560. The Bertz CT molecular complexity index is 983. The van der Waals surface area contributed by atoms with Gasteiger partial charge in [-0.2, -0.15) is 0 Å². The first kappa shape index (κ1) is 21.2. The maximum absolute atomic E-state index is 13.1.